The lowest BCUT2D eigenvalue weighted by Crippen LogP contribution is -2.04. The van der Waals surface area contributed by atoms with E-state index >= 15 is 0 Å². The van der Waals surface area contributed by atoms with Crippen LogP contribution in [0.15, 0.2) is 24.3 Å². The third kappa shape index (κ3) is 1.60. The summed E-state index contributed by atoms with van der Waals surface area (Å²) in [6, 6.07) is 6.27. The second-order valence-electron chi connectivity index (χ2n) is 2.88. The highest BCUT2D eigenvalue weighted by Crippen LogP contribution is 2.32. The van der Waals surface area contributed by atoms with Gasteiger partial charge in [-0.3, -0.25) is 0 Å². The summed E-state index contributed by atoms with van der Waals surface area (Å²) in [5, 5.41) is 0.612. The standard InChI is InChI=1S/C9H5F3IN/c10-9(11,12)8-4-5-6(13)2-1-3-7(5)14-8/h1-4,14H. The van der Waals surface area contributed by atoms with Gasteiger partial charge in [-0.05, 0) is 40.8 Å². The van der Waals surface area contributed by atoms with E-state index in [1.165, 1.54) is 0 Å². The van der Waals surface area contributed by atoms with Crippen molar-refractivity contribution < 1.29 is 13.2 Å². The smallest absolute Gasteiger partial charge is 0.351 e. The van der Waals surface area contributed by atoms with Gasteiger partial charge in [0.05, 0.1) is 0 Å². The maximum absolute atomic E-state index is 12.3. The van der Waals surface area contributed by atoms with Crippen molar-refractivity contribution in [3.8, 4) is 0 Å². The summed E-state index contributed by atoms with van der Waals surface area (Å²) < 4.78 is 37.8. The molecule has 0 bridgehead atoms. The number of fused-ring (bicyclic) bond motifs is 1. The molecule has 1 aromatic carbocycles. The molecule has 5 heteroatoms. The summed E-state index contributed by atoms with van der Waals surface area (Å²) >= 11 is 2.01. The second kappa shape index (κ2) is 3.15. The van der Waals surface area contributed by atoms with Crippen molar-refractivity contribution in [1.29, 1.82) is 0 Å². The van der Waals surface area contributed by atoms with Crippen LogP contribution in [-0.4, -0.2) is 4.98 Å². The molecule has 0 saturated carbocycles. The van der Waals surface area contributed by atoms with Crippen LogP contribution in [-0.2, 0) is 6.18 Å². The number of hydrogen-bond donors (Lipinski definition) is 1. The predicted octanol–water partition coefficient (Wildman–Crippen LogP) is 3.79. The first kappa shape index (κ1) is 9.82. The number of halogens is 4. The van der Waals surface area contributed by atoms with Crippen LogP contribution < -0.4 is 0 Å². The molecule has 0 saturated heterocycles. The van der Waals surface area contributed by atoms with Crippen LogP contribution >= 0.6 is 22.6 Å². The van der Waals surface area contributed by atoms with Gasteiger partial charge in [-0.15, -0.1) is 0 Å². The summed E-state index contributed by atoms with van der Waals surface area (Å²) in [5.41, 5.74) is -0.180. The SMILES string of the molecule is FC(F)(F)c1cc2c(I)cccc2[nH]1. The number of aromatic nitrogens is 1. The fraction of sp³-hybridized carbons (Fsp3) is 0.111. The molecule has 0 aliphatic rings. The van der Waals surface area contributed by atoms with Gasteiger partial charge in [0.15, 0.2) is 0 Å². The Hall–Kier alpha value is -0.720. The van der Waals surface area contributed by atoms with Gasteiger partial charge in [0, 0.05) is 14.5 Å². The second-order valence-corrected chi connectivity index (χ2v) is 4.04. The Morgan fingerprint density at radius 3 is 2.50 bits per heavy atom. The molecule has 0 amide bonds. The molecule has 74 valence electrons. The van der Waals surface area contributed by atoms with Crippen molar-refractivity contribution in [2.75, 3.05) is 0 Å². The van der Waals surface area contributed by atoms with Crippen molar-refractivity contribution >= 4 is 33.5 Å². The maximum Gasteiger partial charge on any atom is 0.431 e. The molecule has 1 nitrogen and oxygen atoms in total. The Morgan fingerprint density at radius 2 is 1.93 bits per heavy atom. The average molecular weight is 311 g/mol. The summed E-state index contributed by atoms with van der Waals surface area (Å²) in [6.45, 7) is 0. The monoisotopic (exact) mass is 311 g/mol. The van der Waals surface area contributed by atoms with Crippen LogP contribution in [0.5, 0.6) is 0 Å². The number of nitrogens with one attached hydrogen (secondary N) is 1. The van der Waals surface area contributed by atoms with Crippen LogP contribution in [0.2, 0.25) is 0 Å². The first-order chi connectivity index (χ1) is 6.48. The molecule has 14 heavy (non-hydrogen) atoms. The number of alkyl halides is 3. The number of hydrogen-bond acceptors (Lipinski definition) is 0. The van der Waals surface area contributed by atoms with Crippen molar-refractivity contribution in [2.24, 2.45) is 0 Å². The molecule has 0 aliphatic carbocycles. The highest BCUT2D eigenvalue weighted by atomic mass is 127. The molecule has 1 heterocycles. The Bertz CT molecular complexity index is 472. The molecule has 2 rings (SSSR count). The Morgan fingerprint density at radius 1 is 1.21 bits per heavy atom. The normalized spacial score (nSPS) is 12.3. The third-order valence-corrected chi connectivity index (χ3v) is 2.86. The minimum absolute atomic E-state index is 0.518. The van der Waals surface area contributed by atoms with Gasteiger partial charge in [0.2, 0.25) is 0 Å². The van der Waals surface area contributed by atoms with Gasteiger partial charge in [0.1, 0.15) is 5.69 Å². The summed E-state index contributed by atoms with van der Waals surface area (Å²) in [6.07, 6.45) is -4.30. The first-order valence-corrected chi connectivity index (χ1v) is 4.91. The fourth-order valence-corrected chi connectivity index (χ4v) is 1.92. The van der Waals surface area contributed by atoms with E-state index < -0.39 is 11.9 Å². The lowest BCUT2D eigenvalue weighted by molar-refractivity contribution is -0.140. The number of aromatic amines is 1. The Kier molecular flexibility index (Phi) is 2.21. The molecule has 2 aromatic rings. The number of benzene rings is 1. The van der Waals surface area contributed by atoms with Crippen LogP contribution in [0.1, 0.15) is 5.69 Å². The van der Waals surface area contributed by atoms with E-state index in [-0.39, 0.29) is 0 Å². The third-order valence-electron chi connectivity index (χ3n) is 1.92. The molecule has 0 aliphatic heterocycles. The molecule has 1 N–H and O–H groups in total. The zero-order valence-electron chi connectivity index (χ0n) is 6.82. The highest BCUT2D eigenvalue weighted by molar-refractivity contribution is 14.1. The molecule has 0 fully saturated rings. The van der Waals surface area contributed by atoms with E-state index in [2.05, 4.69) is 4.98 Å². The Labute approximate surface area is 91.4 Å². The maximum atomic E-state index is 12.3. The van der Waals surface area contributed by atoms with Gasteiger partial charge in [-0.1, -0.05) is 6.07 Å². The first-order valence-electron chi connectivity index (χ1n) is 3.83. The van der Waals surface area contributed by atoms with Crippen LogP contribution in [0.3, 0.4) is 0 Å². The van der Waals surface area contributed by atoms with Gasteiger partial charge < -0.3 is 4.98 Å². The van der Waals surface area contributed by atoms with E-state index in [1.807, 2.05) is 22.6 Å². The largest absolute Gasteiger partial charge is 0.431 e. The van der Waals surface area contributed by atoms with Crippen LogP contribution in [0.25, 0.3) is 10.9 Å². The molecule has 0 radical (unpaired) electrons. The topological polar surface area (TPSA) is 15.8 Å². The van der Waals surface area contributed by atoms with E-state index in [0.29, 0.717) is 10.9 Å². The molecule has 0 unspecified atom stereocenters. The van der Waals surface area contributed by atoms with Gasteiger partial charge in [-0.25, -0.2) is 0 Å². The molecule has 0 atom stereocenters. The zero-order chi connectivity index (χ0) is 10.3. The van der Waals surface area contributed by atoms with Crippen LogP contribution in [0, 0.1) is 3.57 Å². The van der Waals surface area contributed by atoms with Crippen LogP contribution in [0.4, 0.5) is 13.2 Å². The van der Waals surface area contributed by atoms with Gasteiger partial charge >= 0.3 is 6.18 Å². The molecular formula is C9H5F3IN. The van der Waals surface area contributed by atoms with Gasteiger partial charge in [0.25, 0.3) is 0 Å². The lowest BCUT2D eigenvalue weighted by atomic mass is 10.2. The lowest BCUT2D eigenvalue weighted by Gasteiger charge is -2.00. The Balaban J connectivity index is 2.69. The van der Waals surface area contributed by atoms with Crippen molar-refractivity contribution in [3.05, 3.63) is 33.5 Å². The summed E-state index contributed by atoms with van der Waals surface area (Å²) in [5.74, 6) is 0. The van der Waals surface area contributed by atoms with Crippen molar-refractivity contribution in [3.63, 3.8) is 0 Å². The van der Waals surface area contributed by atoms with Crippen molar-refractivity contribution in [1.82, 2.24) is 4.98 Å². The molecule has 1 aromatic heterocycles. The van der Waals surface area contributed by atoms with E-state index in [0.717, 1.165) is 9.64 Å². The van der Waals surface area contributed by atoms with E-state index in [9.17, 15) is 13.2 Å². The number of rotatable bonds is 0. The highest BCUT2D eigenvalue weighted by Gasteiger charge is 2.32. The molecule has 0 spiro atoms. The minimum atomic E-state index is -4.30. The quantitative estimate of drug-likeness (QED) is 0.713. The van der Waals surface area contributed by atoms with Crippen molar-refractivity contribution in [2.45, 2.75) is 6.18 Å². The fourth-order valence-electron chi connectivity index (χ4n) is 1.27. The zero-order valence-corrected chi connectivity index (χ0v) is 8.98. The van der Waals surface area contributed by atoms with Gasteiger partial charge in [-0.2, -0.15) is 13.2 Å². The predicted molar refractivity (Wildman–Crippen MR) is 56.0 cm³/mol. The van der Waals surface area contributed by atoms with E-state index in [1.54, 1.807) is 18.2 Å². The molecular weight excluding hydrogens is 306 g/mol. The number of H-pyrrole nitrogens is 1. The van der Waals surface area contributed by atoms with E-state index in [4.69, 9.17) is 0 Å². The summed E-state index contributed by atoms with van der Waals surface area (Å²) in [7, 11) is 0. The summed E-state index contributed by atoms with van der Waals surface area (Å²) in [4.78, 5) is 2.35. The minimum Gasteiger partial charge on any atom is -0.351 e. The average Bonchev–Trinajstić information content (AvgIpc) is 2.48.